The Labute approximate surface area is 304 Å². The van der Waals surface area contributed by atoms with Crippen molar-refractivity contribution in [3.63, 3.8) is 0 Å². The molecular formula is C37H50N8O7. The average molecular weight is 719 g/mol. The van der Waals surface area contributed by atoms with Crippen LogP contribution in [0.15, 0.2) is 101 Å². The van der Waals surface area contributed by atoms with Crippen molar-refractivity contribution in [2.75, 3.05) is 83.1 Å². The minimum absolute atomic E-state index is 0.0810. The number of guanidine groups is 2. The van der Waals surface area contributed by atoms with E-state index in [1.165, 1.54) is 12.1 Å². The van der Waals surface area contributed by atoms with Crippen LogP contribution in [0.3, 0.4) is 0 Å². The SMILES string of the molecule is C=C(/N=C(\N=C(/N)NCCOCCOCCNC(=O)c1ccccc1)Nc1ccc(O)cc1)Nc1ccc(C(=O)NCCOCCOCCC)cc1. The number of aliphatic imine (C=N–C) groups is 2. The van der Waals surface area contributed by atoms with Crippen molar-refractivity contribution in [2.24, 2.45) is 15.7 Å². The minimum atomic E-state index is -0.216. The zero-order valence-corrected chi connectivity index (χ0v) is 29.6. The van der Waals surface area contributed by atoms with Crippen LogP contribution in [0, 0.1) is 0 Å². The van der Waals surface area contributed by atoms with E-state index in [0.717, 1.165) is 6.42 Å². The van der Waals surface area contributed by atoms with E-state index >= 15 is 0 Å². The summed E-state index contributed by atoms with van der Waals surface area (Å²) in [5, 5.41) is 24.4. The number of phenols is 1. The van der Waals surface area contributed by atoms with Crippen molar-refractivity contribution in [2.45, 2.75) is 13.3 Å². The second-order valence-corrected chi connectivity index (χ2v) is 11.0. The van der Waals surface area contributed by atoms with Gasteiger partial charge in [0.2, 0.25) is 5.96 Å². The predicted molar refractivity (Wildman–Crippen MR) is 203 cm³/mol. The summed E-state index contributed by atoms with van der Waals surface area (Å²) in [6, 6.07) is 22.2. The second kappa shape index (κ2) is 24.6. The van der Waals surface area contributed by atoms with Crippen LogP contribution < -0.4 is 32.3 Å². The highest BCUT2D eigenvalue weighted by atomic mass is 16.5. The van der Waals surface area contributed by atoms with Gasteiger partial charge in [0.05, 0.1) is 46.2 Å². The molecule has 0 fully saturated rings. The molecule has 0 aliphatic rings. The average Bonchev–Trinajstić information content (AvgIpc) is 3.14. The van der Waals surface area contributed by atoms with Crippen LogP contribution in [0.5, 0.6) is 5.75 Å². The zero-order chi connectivity index (χ0) is 37.2. The van der Waals surface area contributed by atoms with Gasteiger partial charge in [-0.1, -0.05) is 31.7 Å². The molecule has 15 heteroatoms. The van der Waals surface area contributed by atoms with Gasteiger partial charge in [-0.15, -0.1) is 0 Å². The van der Waals surface area contributed by atoms with E-state index in [0.29, 0.717) is 95.0 Å². The Bertz CT molecular complexity index is 1550. The first-order valence-corrected chi connectivity index (χ1v) is 17.0. The highest BCUT2D eigenvalue weighted by Crippen LogP contribution is 2.15. The lowest BCUT2D eigenvalue weighted by molar-refractivity contribution is 0.0485. The number of amides is 2. The molecule has 0 unspecified atom stereocenters. The van der Waals surface area contributed by atoms with Crippen LogP contribution in [0.1, 0.15) is 34.1 Å². The number of rotatable bonds is 23. The normalized spacial score (nSPS) is 11.5. The largest absolute Gasteiger partial charge is 0.508 e. The van der Waals surface area contributed by atoms with Gasteiger partial charge in [-0.3, -0.25) is 9.59 Å². The molecule has 15 nitrogen and oxygen atoms in total. The number of hydrogen-bond donors (Lipinski definition) is 7. The Hall–Kier alpha value is -5.48. The fourth-order valence-electron chi connectivity index (χ4n) is 4.24. The van der Waals surface area contributed by atoms with E-state index in [1.807, 2.05) is 25.1 Å². The lowest BCUT2D eigenvalue weighted by Crippen LogP contribution is -2.35. The molecule has 0 aliphatic carbocycles. The molecule has 280 valence electrons. The number of ether oxygens (including phenoxy) is 4. The number of aromatic hydroxyl groups is 1. The maximum absolute atomic E-state index is 12.5. The maximum Gasteiger partial charge on any atom is 0.251 e. The fraction of sp³-hybridized carbons (Fsp3) is 0.351. The van der Waals surface area contributed by atoms with Crippen molar-refractivity contribution < 1.29 is 33.6 Å². The Morgan fingerprint density at radius 2 is 1.12 bits per heavy atom. The molecule has 3 rings (SSSR count). The van der Waals surface area contributed by atoms with Crippen LogP contribution >= 0.6 is 0 Å². The number of nitrogens with zero attached hydrogens (tertiary/aromatic N) is 2. The molecule has 0 aliphatic heterocycles. The molecule has 0 bridgehead atoms. The van der Waals surface area contributed by atoms with Crippen molar-refractivity contribution >= 4 is 35.1 Å². The van der Waals surface area contributed by atoms with Crippen LogP contribution in [-0.2, 0) is 18.9 Å². The van der Waals surface area contributed by atoms with Crippen LogP contribution in [0.25, 0.3) is 0 Å². The number of hydrogen-bond acceptors (Lipinski definition) is 9. The smallest absolute Gasteiger partial charge is 0.251 e. The highest BCUT2D eigenvalue weighted by molar-refractivity contribution is 6.02. The first-order valence-electron chi connectivity index (χ1n) is 17.0. The van der Waals surface area contributed by atoms with Gasteiger partial charge >= 0.3 is 0 Å². The summed E-state index contributed by atoms with van der Waals surface area (Å²) in [4.78, 5) is 33.3. The zero-order valence-electron chi connectivity index (χ0n) is 29.6. The lowest BCUT2D eigenvalue weighted by Gasteiger charge is -2.11. The molecule has 0 radical (unpaired) electrons. The molecule has 0 saturated heterocycles. The lowest BCUT2D eigenvalue weighted by atomic mass is 10.2. The quantitative estimate of drug-likeness (QED) is 0.0328. The monoisotopic (exact) mass is 718 g/mol. The topological polar surface area (TPSA) is 202 Å². The maximum atomic E-state index is 12.5. The number of nitrogens with two attached hydrogens (primary N) is 1. The molecule has 3 aromatic rings. The van der Waals surface area contributed by atoms with E-state index in [-0.39, 0.29) is 35.3 Å². The van der Waals surface area contributed by atoms with Crippen LogP contribution in [-0.4, -0.2) is 101 Å². The molecule has 2 amide bonds. The predicted octanol–water partition coefficient (Wildman–Crippen LogP) is 3.28. The Kier molecular flexibility index (Phi) is 19.4. The third kappa shape index (κ3) is 17.4. The number of benzene rings is 3. The van der Waals surface area contributed by atoms with E-state index in [2.05, 4.69) is 43.1 Å². The molecule has 0 aromatic heterocycles. The number of anilines is 2. The van der Waals surface area contributed by atoms with E-state index in [1.54, 1.807) is 48.5 Å². The number of carbonyl (C=O) groups excluding carboxylic acids is 2. The first-order chi connectivity index (χ1) is 25.3. The molecule has 0 atom stereocenters. The molecule has 0 saturated carbocycles. The first kappa shape index (κ1) is 40.9. The van der Waals surface area contributed by atoms with Gasteiger partial charge in [-0.2, -0.15) is 9.98 Å². The number of nitrogens with one attached hydrogen (secondary N) is 5. The molecule has 0 spiro atoms. The summed E-state index contributed by atoms with van der Waals surface area (Å²) in [5.74, 6) is 0.200. The van der Waals surface area contributed by atoms with Gasteiger partial charge in [-0.05, 0) is 67.1 Å². The summed E-state index contributed by atoms with van der Waals surface area (Å²) in [6.45, 7) is 10.7. The Morgan fingerprint density at radius 1 is 0.635 bits per heavy atom. The van der Waals surface area contributed by atoms with Crippen molar-refractivity contribution in [3.05, 3.63) is 102 Å². The summed E-state index contributed by atoms with van der Waals surface area (Å²) >= 11 is 0. The van der Waals surface area contributed by atoms with Gasteiger partial charge in [0.1, 0.15) is 11.6 Å². The summed E-state index contributed by atoms with van der Waals surface area (Å²) in [5.41, 5.74) is 8.48. The summed E-state index contributed by atoms with van der Waals surface area (Å²) in [6.07, 6.45) is 0.963. The van der Waals surface area contributed by atoms with Crippen molar-refractivity contribution in [1.82, 2.24) is 16.0 Å². The molecule has 8 N–H and O–H groups in total. The van der Waals surface area contributed by atoms with Gasteiger partial charge in [0.25, 0.3) is 11.8 Å². The van der Waals surface area contributed by atoms with Crippen LogP contribution in [0.2, 0.25) is 0 Å². The molecule has 52 heavy (non-hydrogen) atoms. The second-order valence-electron chi connectivity index (χ2n) is 11.0. The Morgan fingerprint density at radius 3 is 1.67 bits per heavy atom. The summed E-state index contributed by atoms with van der Waals surface area (Å²) < 4.78 is 21.9. The highest BCUT2D eigenvalue weighted by Gasteiger charge is 2.07. The Balaban J connectivity index is 1.40. The van der Waals surface area contributed by atoms with Crippen LogP contribution in [0.4, 0.5) is 11.4 Å². The standard InChI is InChI=1S/C37H50N8O7/c1-3-20-49-24-25-50-22-18-40-35(48)30-9-11-31(12-10-30)42-28(2)43-37(44-32-13-15-33(46)16-14-32)45-36(38)41-19-23-52-27-26-51-21-17-39-34(47)29-7-5-4-6-8-29/h4-16,42,46H,2-3,17-27H2,1H3,(H,39,47)(H,40,48)(H4,38,41,43,44,45). The van der Waals surface area contributed by atoms with E-state index in [4.69, 9.17) is 24.7 Å². The summed E-state index contributed by atoms with van der Waals surface area (Å²) in [7, 11) is 0. The third-order valence-corrected chi connectivity index (χ3v) is 6.77. The molecule has 0 heterocycles. The van der Waals surface area contributed by atoms with Gasteiger partial charge in [0.15, 0.2) is 5.96 Å². The number of phenolic OH excluding ortho intramolecular Hbond substituents is 1. The third-order valence-electron chi connectivity index (χ3n) is 6.77. The van der Waals surface area contributed by atoms with Crippen molar-refractivity contribution in [1.29, 1.82) is 0 Å². The minimum Gasteiger partial charge on any atom is -0.508 e. The van der Waals surface area contributed by atoms with Gasteiger partial charge in [-0.25, -0.2) is 0 Å². The molecule has 3 aromatic carbocycles. The van der Waals surface area contributed by atoms with E-state index in [9.17, 15) is 14.7 Å². The van der Waals surface area contributed by atoms with E-state index < -0.39 is 0 Å². The molecular weight excluding hydrogens is 668 g/mol. The van der Waals surface area contributed by atoms with Gasteiger partial charge in [0, 0.05) is 48.7 Å². The fourth-order valence-corrected chi connectivity index (χ4v) is 4.24. The van der Waals surface area contributed by atoms with Crippen molar-refractivity contribution in [3.8, 4) is 5.75 Å². The van der Waals surface area contributed by atoms with Gasteiger partial charge < -0.3 is 56.4 Å². The number of carbonyl (C=O) groups is 2.